The summed E-state index contributed by atoms with van der Waals surface area (Å²) in [4.78, 5) is 35.3. The third kappa shape index (κ3) is 61.9. The Kier molecular flexibility index (Phi) is 60.2. The van der Waals surface area contributed by atoms with Crippen LogP contribution in [0.3, 0.4) is 0 Å². The first-order valence-corrected chi connectivity index (χ1v) is 33.4. The molecule has 78 heavy (non-hydrogen) atoms. The van der Waals surface area contributed by atoms with Gasteiger partial charge in [0.25, 0.3) is 0 Å². The van der Waals surface area contributed by atoms with Crippen LogP contribution in [0.4, 0.5) is 0 Å². The fourth-order valence-corrected chi connectivity index (χ4v) is 9.51. The van der Waals surface area contributed by atoms with Gasteiger partial charge in [0, 0.05) is 19.4 Å². The van der Waals surface area contributed by atoms with Gasteiger partial charge < -0.3 is 20.1 Å². The molecule has 0 spiro atoms. The molecule has 10 heteroatoms. The van der Waals surface area contributed by atoms with E-state index in [1.54, 1.807) is 0 Å². The van der Waals surface area contributed by atoms with Crippen molar-refractivity contribution >= 4 is 19.8 Å². The maximum Gasteiger partial charge on any atom is 0.472 e. The van der Waals surface area contributed by atoms with E-state index in [-0.39, 0.29) is 38.6 Å². The summed E-state index contributed by atoms with van der Waals surface area (Å²) < 4.78 is 33.1. The van der Waals surface area contributed by atoms with Crippen LogP contribution >= 0.6 is 7.82 Å². The molecule has 0 aromatic carbocycles. The molecule has 0 heterocycles. The predicted octanol–water partition coefficient (Wildman–Crippen LogP) is 20.6. The molecule has 0 saturated heterocycles. The normalized spacial score (nSPS) is 13.7. The lowest BCUT2D eigenvalue weighted by Gasteiger charge is -2.19. The molecule has 3 N–H and O–H groups in total. The summed E-state index contributed by atoms with van der Waals surface area (Å²) in [6, 6.07) is 0. The Labute approximate surface area is 479 Å². The average molecular weight is 1110 g/mol. The summed E-state index contributed by atoms with van der Waals surface area (Å²) in [7, 11) is -4.40. The van der Waals surface area contributed by atoms with Crippen molar-refractivity contribution in [3.63, 3.8) is 0 Å². The van der Waals surface area contributed by atoms with Gasteiger partial charge in [-0.15, -0.1) is 0 Å². The number of carbonyl (C=O) groups excluding carboxylic acids is 2. The van der Waals surface area contributed by atoms with Crippen molar-refractivity contribution in [1.29, 1.82) is 0 Å². The molecular formula is C68H118NO8P. The lowest BCUT2D eigenvalue weighted by atomic mass is 10.0. The van der Waals surface area contributed by atoms with Gasteiger partial charge in [-0.3, -0.25) is 18.6 Å². The highest BCUT2D eigenvalue weighted by Crippen LogP contribution is 2.43. The highest BCUT2D eigenvalue weighted by atomic mass is 31.2. The first-order valence-electron chi connectivity index (χ1n) is 31.9. The molecule has 2 unspecified atom stereocenters. The molecule has 448 valence electrons. The van der Waals surface area contributed by atoms with Crippen molar-refractivity contribution in [2.45, 2.75) is 283 Å². The molecule has 0 fully saturated rings. The van der Waals surface area contributed by atoms with E-state index in [0.717, 1.165) is 109 Å². The van der Waals surface area contributed by atoms with E-state index in [9.17, 15) is 19.0 Å². The van der Waals surface area contributed by atoms with Gasteiger partial charge in [-0.05, 0) is 83.5 Å². The van der Waals surface area contributed by atoms with Crippen LogP contribution in [0.2, 0.25) is 0 Å². The van der Waals surface area contributed by atoms with E-state index >= 15 is 0 Å². The largest absolute Gasteiger partial charge is 0.472 e. The highest BCUT2D eigenvalue weighted by molar-refractivity contribution is 7.47. The Morgan fingerprint density at radius 1 is 0.397 bits per heavy atom. The number of carbonyl (C=O) groups is 2. The third-order valence-corrected chi connectivity index (χ3v) is 14.4. The Balaban J connectivity index is 4.02. The van der Waals surface area contributed by atoms with Crippen LogP contribution in [0.5, 0.6) is 0 Å². The van der Waals surface area contributed by atoms with Gasteiger partial charge in [-0.25, -0.2) is 4.57 Å². The second-order valence-corrected chi connectivity index (χ2v) is 22.4. The third-order valence-electron chi connectivity index (χ3n) is 13.4. The van der Waals surface area contributed by atoms with Gasteiger partial charge >= 0.3 is 19.8 Å². The van der Waals surface area contributed by atoms with Crippen LogP contribution in [0.1, 0.15) is 277 Å². The van der Waals surface area contributed by atoms with Crippen molar-refractivity contribution in [3.05, 3.63) is 109 Å². The fraction of sp³-hybridized carbons (Fsp3) is 0.706. The van der Waals surface area contributed by atoms with Gasteiger partial charge in [0.05, 0.1) is 13.2 Å². The summed E-state index contributed by atoms with van der Waals surface area (Å²) >= 11 is 0. The lowest BCUT2D eigenvalue weighted by molar-refractivity contribution is -0.161. The molecule has 0 aromatic heterocycles. The first kappa shape index (κ1) is 74.7. The van der Waals surface area contributed by atoms with Crippen LogP contribution in [0.15, 0.2) is 109 Å². The number of hydrogen-bond acceptors (Lipinski definition) is 8. The molecule has 2 atom stereocenters. The Morgan fingerprint density at radius 2 is 0.705 bits per heavy atom. The lowest BCUT2D eigenvalue weighted by Crippen LogP contribution is -2.29. The number of rotatable bonds is 59. The van der Waals surface area contributed by atoms with E-state index in [1.165, 1.54) is 135 Å². The van der Waals surface area contributed by atoms with Gasteiger partial charge in [0.15, 0.2) is 6.10 Å². The number of allylic oxidation sites excluding steroid dienone is 18. The molecule has 0 rings (SSSR count). The van der Waals surface area contributed by atoms with Crippen LogP contribution in [-0.2, 0) is 32.7 Å². The van der Waals surface area contributed by atoms with Crippen LogP contribution in [-0.4, -0.2) is 49.3 Å². The maximum absolute atomic E-state index is 12.7. The first-order chi connectivity index (χ1) is 38.3. The molecular weight excluding hydrogens is 990 g/mol. The average Bonchev–Trinajstić information content (AvgIpc) is 3.43. The molecule has 0 bridgehead atoms. The van der Waals surface area contributed by atoms with Crippen molar-refractivity contribution in [2.24, 2.45) is 5.73 Å². The summed E-state index contributed by atoms with van der Waals surface area (Å²) in [6.45, 7) is 3.63. The highest BCUT2D eigenvalue weighted by Gasteiger charge is 2.26. The zero-order valence-corrected chi connectivity index (χ0v) is 51.0. The van der Waals surface area contributed by atoms with Crippen LogP contribution in [0, 0.1) is 0 Å². The minimum absolute atomic E-state index is 0.0458. The van der Waals surface area contributed by atoms with Gasteiger partial charge in [-0.1, -0.05) is 290 Å². The van der Waals surface area contributed by atoms with Crippen molar-refractivity contribution in [3.8, 4) is 0 Å². The number of hydrogen-bond donors (Lipinski definition) is 2. The Hall–Kier alpha value is -3.33. The number of unbranched alkanes of at least 4 members (excludes halogenated alkanes) is 28. The minimum atomic E-state index is -4.40. The quantitative estimate of drug-likeness (QED) is 0.0264. The van der Waals surface area contributed by atoms with Gasteiger partial charge in [-0.2, -0.15) is 0 Å². The number of esters is 2. The van der Waals surface area contributed by atoms with E-state index in [4.69, 9.17) is 24.3 Å². The van der Waals surface area contributed by atoms with E-state index < -0.39 is 26.5 Å². The molecule has 9 nitrogen and oxygen atoms in total. The van der Waals surface area contributed by atoms with Crippen LogP contribution < -0.4 is 5.73 Å². The van der Waals surface area contributed by atoms with Crippen molar-refractivity contribution < 1.29 is 37.6 Å². The minimum Gasteiger partial charge on any atom is -0.462 e. The molecule has 0 radical (unpaired) electrons. The topological polar surface area (TPSA) is 134 Å². The smallest absolute Gasteiger partial charge is 0.462 e. The second-order valence-electron chi connectivity index (χ2n) is 20.9. The monoisotopic (exact) mass is 1110 g/mol. The molecule has 0 aliphatic rings. The van der Waals surface area contributed by atoms with Crippen molar-refractivity contribution in [2.75, 3.05) is 26.4 Å². The zero-order valence-electron chi connectivity index (χ0n) is 50.1. The fourth-order valence-electron chi connectivity index (χ4n) is 8.75. The predicted molar refractivity (Wildman–Crippen MR) is 335 cm³/mol. The van der Waals surface area contributed by atoms with E-state index in [1.807, 2.05) is 0 Å². The molecule has 0 amide bonds. The van der Waals surface area contributed by atoms with Gasteiger partial charge in [0.2, 0.25) is 0 Å². The molecule has 0 aliphatic heterocycles. The number of phosphoric ester groups is 1. The van der Waals surface area contributed by atoms with Gasteiger partial charge in [0.1, 0.15) is 6.61 Å². The zero-order chi connectivity index (χ0) is 56.6. The maximum atomic E-state index is 12.7. The van der Waals surface area contributed by atoms with E-state index in [2.05, 4.69) is 123 Å². The standard InChI is InChI=1S/C68H118NO8P/c1-3-5-7-9-11-13-15-17-19-21-23-25-27-29-30-31-32-33-34-35-36-37-39-41-43-45-47-49-51-53-55-57-59-61-68(71)77-66(65-76-78(72,73)75-63-62-69)64-74-67(70)60-58-56-54-52-50-48-46-44-42-40-38-28-26-24-22-20-18-16-14-12-10-8-6-4-2/h5,7,11,13,17,19,23,25,29-30,32-33,35-36,39,41,45,47,66H,3-4,6,8-10,12,14-16,18,20-22,24,26-28,31,34,37-38,40,42-44,46,48-65,69H2,1-2H3,(H,72,73)/b7-5-,13-11-,19-17-,25-23-,30-29-,33-32-,36-35-,41-39-,47-45-. The Bertz CT molecular complexity index is 1640. The Morgan fingerprint density at radius 3 is 1.05 bits per heavy atom. The second kappa shape index (κ2) is 62.9. The van der Waals surface area contributed by atoms with Crippen molar-refractivity contribution in [1.82, 2.24) is 0 Å². The summed E-state index contributed by atoms with van der Waals surface area (Å²) in [5.41, 5.74) is 5.39. The number of ether oxygens (including phenoxy) is 2. The van der Waals surface area contributed by atoms with E-state index in [0.29, 0.717) is 6.42 Å². The summed E-state index contributed by atoms with van der Waals surface area (Å²) in [5, 5.41) is 0. The SMILES string of the molecule is CC/C=C\C/C=C\C/C=C\C/C=C\C/C=C\C/C=C\C/C=C\C/C=C\C/C=C\CCCCCCCC(=O)OC(COC(=O)CCCCCCCCCCCCCCCCCCCCCCCCCC)COP(=O)(O)OCCN. The van der Waals surface area contributed by atoms with Crippen LogP contribution in [0.25, 0.3) is 0 Å². The summed E-state index contributed by atoms with van der Waals surface area (Å²) in [6.07, 6.45) is 85.8. The number of phosphoric acid groups is 1. The summed E-state index contributed by atoms with van der Waals surface area (Å²) in [5.74, 6) is -0.846. The number of nitrogens with two attached hydrogens (primary N) is 1. The molecule has 0 aromatic rings. The molecule has 0 saturated carbocycles. The molecule has 0 aliphatic carbocycles.